The molecular formula is C10H16O3. The van der Waals surface area contributed by atoms with Crippen LogP contribution in [0.25, 0.3) is 0 Å². The summed E-state index contributed by atoms with van der Waals surface area (Å²) in [6.07, 6.45) is 0.838. The molecule has 3 heteroatoms. The molecule has 3 nitrogen and oxygen atoms in total. The van der Waals surface area contributed by atoms with Crippen LogP contribution in [0.3, 0.4) is 0 Å². The minimum Gasteiger partial charge on any atom is -0.512 e. The van der Waals surface area contributed by atoms with E-state index in [1.54, 1.807) is 0 Å². The molecule has 13 heavy (non-hydrogen) atoms. The largest absolute Gasteiger partial charge is 0.512 e. The molecule has 0 spiro atoms. The zero-order valence-corrected chi connectivity index (χ0v) is 8.33. The first-order chi connectivity index (χ1) is 6.06. The lowest BCUT2D eigenvalue weighted by atomic mass is 9.97. The highest BCUT2D eigenvalue weighted by Gasteiger charge is 2.29. The summed E-state index contributed by atoms with van der Waals surface area (Å²) in [6, 6.07) is 0. The van der Waals surface area contributed by atoms with Crippen LogP contribution in [0.5, 0.6) is 0 Å². The van der Waals surface area contributed by atoms with Gasteiger partial charge < -0.3 is 9.84 Å². The van der Waals surface area contributed by atoms with Crippen LogP contribution in [0.4, 0.5) is 0 Å². The predicted octanol–water partition coefficient (Wildman–Crippen LogP) is 2.18. The van der Waals surface area contributed by atoms with Gasteiger partial charge in [0, 0.05) is 6.42 Å². The lowest BCUT2D eigenvalue weighted by molar-refractivity contribution is -0.149. The Hall–Kier alpha value is -0.990. The molecule has 1 N–H and O–H groups in total. The van der Waals surface area contributed by atoms with Crippen LogP contribution in [-0.4, -0.2) is 17.2 Å². The zero-order chi connectivity index (χ0) is 10.0. The Morgan fingerprint density at radius 1 is 1.62 bits per heavy atom. The summed E-state index contributed by atoms with van der Waals surface area (Å²) >= 11 is 0. The smallest absolute Gasteiger partial charge is 0.337 e. The Morgan fingerprint density at radius 3 is 2.62 bits per heavy atom. The first-order valence-corrected chi connectivity index (χ1v) is 4.68. The molecule has 1 atom stereocenters. The number of ether oxygens (including phenoxy) is 1. The number of esters is 1. The third-order valence-corrected chi connectivity index (χ3v) is 2.34. The third kappa shape index (κ3) is 2.02. The molecule has 1 unspecified atom stereocenters. The molecule has 0 saturated carbocycles. The van der Waals surface area contributed by atoms with Crippen molar-refractivity contribution in [2.45, 2.75) is 39.7 Å². The Kier molecular flexibility index (Phi) is 2.96. The van der Waals surface area contributed by atoms with Gasteiger partial charge in [0.2, 0.25) is 0 Å². The maximum atomic E-state index is 11.3. The van der Waals surface area contributed by atoms with Crippen molar-refractivity contribution in [1.29, 1.82) is 0 Å². The van der Waals surface area contributed by atoms with Gasteiger partial charge in [0.25, 0.3) is 0 Å². The monoisotopic (exact) mass is 184 g/mol. The molecular weight excluding hydrogens is 168 g/mol. The molecule has 0 saturated heterocycles. The second-order valence-corrected chi connectivity index (χ2v) is 3.67. The Bertz CT molecular complexity index is 241. The van der Waals surface area contributed by atoms with E-state index in [-0.39, 0.29) is 23.8 Å². The van der Waals surface area contributed by atoms with Crippen LogP contribution < -0.4 is 0 Å². The minimum atomic E-state index is -0.357. The first kappa shape index (κ1) is 10.1. The van der Waals surface area contributed by atoms with E-state index in [4.69, 9.17) is 4.74 Å². The van der Waals surface area contributed by atoms with Crippen molar-refractivity contribution in [3.05, 3.63) is 11.3 Å². The average molecular weight is 184 g/mol. The molecule has 0 aromatic carbocycles. The van der Waals surface area contributed by atoms with Crippen molar-refractivity contribution in [3.8, 4) is 0 Å². The fraction of sp³-hybridized carbons (Fsp3) is 0.700. The molecule has 0 aromatic rings. The van der Waals surface area contributed by atoms with Gasteiger partial charge in [-0.05, 0) is 12.3 Å². The highest BCUT2D eigenvalue weighted by molar-refractivity contribution is 5.89. The summed E-state index contributed by atoms with van der Waals surface area (Å²) in [7, 11) is 0. The number of hydrogen-bond acceptors (Lipinski definition) is 3. The van der Waals surface area contributed by atoms with Crippen LogP contribution in [0.1, 0.15) is 33.6 Å². The summed E-state index contributed by atoms with van der Waals surface area (Å²) < 4.78 is 5.16. The molecule has 0 amide bonds. The molecule has 1 aliphatic rings. The summed E-state index contributed by atoms with van der Waals surface area (Å²) in [6.45, 7) is 5.78. The first-order valence-electron chi connectivity index (χ1n) is 4.68. The second-order valence-electron chi connectivity index (χ2n) is 3.67. The molecule has 0 bridgehead atoms. The fourth-order valence-electron chi connectivity index (χ4n) is 1.40. The zero-order valence-electron chi connectivity index (χ0n) is 8.33. The van der Waals surface area contributed by atoms with E-state index in [0.717, 1.165) is 0 Å². The molecule has 0 aromatic heterocycles. The number of rotatable bonds is 2. The SMILES string of the molecule is CCC1=C(O)CC(C(C)C)OC1=O. The van der Waals surface area contributed by atoms with Crippen LogP contribution >= 0.6 is 0 Å². The number of aliphatic hydroxyl groups is 1. The Morgan fingerprint density at radius 2 is 2.23 bits per heavy atom. The molecule has 0 fully saturated rings. The van der Waals surface area contributed by atoms with E-state index in [1.165, 1.54) is 0 Å². The third-order valence-electron chi connectivity index (χ3n) is 2.34. The van der Waals surface area contributed by atoms with Gasteiger partial charge in [-0.3, -0.25) is 0 Å². The van der Waals surface area contributed by atoms with Crippen LogP contribution in [0.2, 0.25) is 0 Å². The Balaban J connectivity index is 2.81. The van der Waals surface area contributed by atoms with Crippen LogP contribution in [0, 0.1) is 5.92 Å². The van der Waals surface area contributed by atoms with Crippen molar-refractivity contribution >= 4 is 5.97 Å². The quantitative estimate of drug-likeness (QED) is 0.669. The fourth-order valence-corrected chi connectivity index (χ4v) is 1.40. The van der Waals surface area contributed by atoms with E-state index < -0.39 is 0 Å². The summed E-state index contributed by atoms with van der Waals surface area (Å²) in [5, 5.41) is 9.54. The molecule has 74 valence electrons. The van der Waals surface area contributed by atoms with Crippen LogP contribution in [-0.2, 0) is 9.53 Å². The Labute approximate surface area is 78.4 Å². The van der Waals surface area contributed by atoms with Gasteiger partial charge >= 0.3 is 5.97 Å². The van der Waals surface area contributed by atoms with Gasteiger partial charge in [0.05, 0.1) is 5.57 Å². The second kappa shape index (κ2) is 3.81. The van der Waals surface area contributed by atoms with Gasteiger partial charge in [-0.25, -0.2) is 4.79 Å². The number of carbonyl (C=O) groups excluding carboxylic acids is 1. The van der Waals surface area contributed by atoms with Crippen molar-refractivity contribution in [3.63, 3.8) is 0 Å². The number of carbonyl (C=O) groups is 1. The lowest BCUT2D eigenvalue weighted by Gasteiger charge is -2.26. The molecule has 1 heterocycles. The molecule has 1 rings (SSSR count). The average Bonchev–Trinajstić information content (AvgIpc) is 2.03. The molecule has 1 aliphatic heterocycles. The van der Waals surface area contributed by atoms with E-state index in [2.05, 4.69) is 0 Å². The van der Waals surface area contributed by atoms with E-state index in [9.17, 15) is 9.90 Å². The normalized spacial score (nSPS) is 23.7. The molecule has 0 aliphatic carbocycles. The summed E-state index contributed by atoms with van der Waals surface area (Å²) in [5.74, 6) is 0.104. The standard InChI is InChI=1S/C10H16O3/c1-4-7-8(11)5-9(6(2)3)13-10(7)12/h6,9,11H,4-5H2,1-3H3. The topological polar surface area (TPSA) is 46.5 Å². The van der Waals surface area contributed by atoms with Crippen LogP contribution in [0.15, 0.2) is 11.3 Å². The van der Waals surface area contributed by atoms with Gasteiger partial charge in [0.15, 0.2) is 0 Å². The van der Waals surface area contributed by atoms with Crippen molar-refractivity contribution < 1.29 is 14.6 Å². The van der Waals surface area contributed by atoms with E-state index >= 15 is 0 Å². The summed E-state index contributed by atoms with van der Waals surface area (Å²) in [4.78, 5) is 11.3. The molecule has 0 radical (unpaired) electrons. The minimum absolute atomic E-state index is 0.164. The van der Waals surface area contributed by atoms with Crippen molar-refractivity contribution in [2.75, 3.05) is 0 Å². The number of aliphatic hydroxyl groups excluding tert-OH is 1. The van der Waals surface area contributed by atoms with Crippen molar-refractivity contribution in [1.82, 2.24) is 0 Å². The maximum absolute atomic E-state index is 11.3. The van der Waals surface area contributed by atoms with Gasteiger partial charge in [0.1, 0.15) is 11.9 Å². The summed E-state index contributed by atoms with van der Waals surface area (Å²) in [5.41, 5.74) is 0.428. The maximum Gasteiger partial charge on any atom is 0.337 e. The van der Waals surface area contributed by atoms with Crippen molar-refractivity contribution in [2.24, 2.45) is 5.92 Å². The van der Waals surface area contributed by atoms with E-state index in [0.29, 0.717) is 18.4 Å². The van der Waals surface area contributed by atoms with Gasteiger partial charge in [-0.1, -0.05) is 20.8 Å². The number of cyclic esters (lactones) is 1. The highest BCUT2D eigenvalue weighted by atomic mass is 16.5. The number of hydrogen-bond donors (Lipinski definition) is 1. The van der Waals surface area contributed by atoms with Gasteiger partial charge in [-0.2, -0.15) is 0 Å². The lowest BCUT2D eigenvalue weighted by Crippen LogP contribution is -2.30. The highest BCUT2D eigenvalue weighted by Crippen LogP contribution is 2.25. The predicted molar refractivity (Wildman–Crippen MR) is 49.3 cm³/mol. The van der Waals surface area contributed by atoms with E-state index in [1.807, 2.05) is 20.8 Å². The van der Waals surface area contributed by atoms with Gasteiger partial charge in [-0.15, -0.1) is 0 Å².